The number of pyridine rings is 1. The summed E-state index contributed by atoms with van der Waals surface area (Å²) in [6.45, 7) is 11.8. The van der Waals surface area contributed by atoms with Crippen LogP contribution < -0.4 is 14.6 Å². The first kappa shape index (κ1) is 38.2. The molecule has 54 heavy (non-hydrogen) atoms. The largest absolute Gasteiger partial charge is 0.603 e. The number of aromatic nitrogens is 1. The minimum Gasteiger partial charge on any atom is -0.480 e. The molecule has 8 heteroatoms. The number of benzene rings is 4. The molecule has 0 aliphatic heterocycles. The molecular weight excluding hydrogens is 677 g/mol. The zero-order valence-electron chi connectivity index (χ0n) is 32.1. The van der Waals surface area contributed by atoms with Crippen molar-refractivity contribution in [3.05, 3.63) is 126 Å². The minimum atomic E-state index is -1.25. The molecule has 1 aliphatic carbocycles. The molecule has 4 aromatic carbocycles. The van der Waals surface area contributed by atoms with E-state index in [1.54, 1.807) is 26.8 Å². The molecule has 1 aromatic heterocycles. The van der Waals surface area contributed by atoms with E-state index in [9.17, 15) is 19.5 Å². The number of ether oxygens (including phenoxy) is 2. The molecule has 1 heterocycles. The van der Waals surface area contributed by atoms with E-state index in [0.29, 0.717) is 29.5 Å². The lowest BCUT2D eigenvalue weighted by molar-refractivity contribution is -0.597. The smallest absolute Gasteiger partial charge is 0.480 e. The van der Waals surface area contributed by atoms with E-state index in [1.807, 2.05) is 84.9 Å². The van der Waals surface area contributed by atoms with E-state index in [1.165, 1.54) is 10.1 Å². The second kappa shape index (κ2) is 15.8. The molecule has 1 aliphatic rings. The molecule has 1 atom stereocenters. The van der Waals surface area contributed by atoms with Gasteiger partial charge < -0.3 is 19.9 Å². The van der Waals surface area contributed by atoms with Crippen LogP contribution in [-0.4, -0.2) is 34.7 Å². The number of nitrogens with one attached hydrogen (secondary N) is 1. The van der Waals surface area contributed by atoms with Gasteiger partial charge in [0, 0.05) is 18.9 Å². The molecule has 8 nitrogen and oxygen atoms in total. The Hall–Kier alpha value is -5.50. The molecule has 1 fully saturated rings. The fourth-order valence-electron chi connectivity index (χ4n) is 7.12. The quantitative estimate of drug-likeness (QED) is 0.139. The average molecular weight is 728 g/mol. The third-order valence-electron chi connectivity index (χ3n) is 9.96. The fraction of sp³-hybridized carbons (Fsp3) is 0.348. The van der Waals surface area contributed by atoms with Crippen LogP contribution in [0.25, 0.3) is 21.9 Å². The summed E-state index contributed by atoms with van der Waals surface area (Å²) in [6, 6.07) is 31.6. The van der Waals surface area contributed by atoms with Gasteiger partial charge in [0.05, 0.1) is 5.39 Å². The number of carboxylic acid groups (broad SMARTS) is 1. The fourth-order valence-corrected chi connectivity index (χ4v) is 7.12. The average Bonchev–Trinajstić information content (AvgIpc) is 3.64. The first-order valence-electron chi connectivity index (χ1n) is 18.9. The second-order valence-corrected chi connectivity index (χ2v) is 16.4. The maximum Gasteiger partial charge on any atom is 0.603 e. The van der Waals surface area contributed by atoms with Crippen LogP contribution in [0.15, 0.2) is 103 Å². The standard InChI is InChI=1S/C46H50N2O6/c1-45(2,3)35-21-24-36(25-22-35)53-37-23-20-34-28-41(48(44(52)54-46(4,5)6)40(38(34)29-37)27-30-12-10-11-13-30)42(49)47-39(43(50)51)26-31-16-18-33(19-17-31)32-14-8-7-9-15-32/h7-9,14-25,28-30,39H,10-13,26-27H2,1-6H3,(H-,47,49,50,51)/p+1/t39-/m0/s1. The first-order valence-corrected chi connectivity index (χ1v) is 18.9. The van der Waals surface area contributed by atoms with Crippen molar-refractivity contribution in [2.45, 2.75) is 97.1 Å². The summed E-state index contributed by atoms with van der Waals surface area (Å²) in [7, 11) is 0. The Balaban J connectivity index is 1.38. The van der Waals surface area contributed by atoms with E-state index in [-0.39, 0.29) is 17.5 Å². The third kappa shape index (κ3) is 9.34. The lowest BCUT2D eigenvalue weighted by atomic mass is 9.87. The molecule has 0 radical (unpaired) electrons. The molecule has 2 N–H and O–H groups in total. The number of aliphatic carboxylic acids is 1. The highest BCUT2D eigenvalue weighted by atomic mass is 16.6. The highest BCUT2D eigenvalue weighted by Crippen LogP contribution is 2.33. The van der Waals surface area contributed by atoms with Gasteiger partial charge in [0.2, 0.25) is 5.69 Å². The Morgan fingerprint density at radius 3 is 2.04 bits per heavy atom. The number of carbonyl (C=O) groups is 3. The zero-order valence-corrected chi connectivity index (χ0v) is 32.1. The van der Waals surface area contributed by atoms with Crippen molar-refractivity contribution < 1.29 is 33.5 Å². The van der Waals surface area contributed by atoms with Gasteiger partial charge in [0.25, 0.3) is 5.69 Å². The summed E-state index contributed by atoms with van der Waals surface area (Å²) in [6.07, 6.45) is 4.11. The van der Waals surface area contributed by atoms with Crippen LogP contribution in [0, 0.1) is 5.92 Å². The molecule has 1 amide bonds. The number of nitrogens with zero attached hydrogens (tertiary/aromatic N) is 1. The Kier molecular flexibility index (Phi) is 11.2. The Bertz CT molecular complexity index is 2120. The van der Waals surface area contributed by atoms with Crippen molar-refractivity contribution in [1.29, 1.82) is 0 Å². The monoisotopic (exact) mass is 727 g/mol. The van der Waals surface area contributed by atoms with Gasteiger partial charge in [-0.05, 0) is 96.9 Å². The molecule has 0 spiro atoms. The molecular formula is C46H51N2O6+. The normalized spacial score (nSPS) is 14.1. The molecule has 280 valence electrons. The molecule has 0 unspecified atom stereocenters. The van der Waals surface area contributed by atoms with Crippen LogP contribution in [0.1, 0.15) is 94.5 Å². The van der Waals surface area contributed by atoms with E-state index in [2.05, 4.69) is 38.2 Å². The van der Waals surface area contributed by atoms with Gasteiger partial charge in [-0.2, -0.15) is 4.79 Å². The number of hydrogen-bond acceptors (Lipinski definition) is 5. The van der Waals surface area contributed by atoms with Gasteiger partial charge in [0.15, 0.2) is 0 Å². The SMILES string of the molecule is CC(C)(C)OC(=O)[n+]1c(C(=O)N[C@@H](Cc2ccc(-c3ccccc3)cc2)C(=O)O)cc2ccc(Oc3ccc(C(C)(C)C)cc3)cc2c1CC1CCCC1. The number of rotatable bonds is 10. The van der Waals surface area contributed by atoms with Gasteiger partial charge in [-0.3, -0.25) is 4.79 Å². The molecule has 6 rings (SSSR count). The second-order valence-electron chi connectivity index (χ2n) is 16.4. The lowest BCUT2D eigenvalue weighted by Crippen LogP contribution is -2.56. The highest BCUT2D eigenvalue weighted by molar-refractivity contribution is 5.98. The highest BCUT2D eigenvalue weighted by Gasteiger charge is 2.38. The van der Waals surface area contributed by atoms with Gasteiger partial charge in [-0.1, -0.05) is 111 Å². The minimum absolute atomic E-state index is 0.00846. The molecule has 0 saturated heterocycles. The number of hydrogen-bond donors (Lipinski definition) is 2. The topological polar surface area (TPSA) is 106 Å². The number of carbonyl (C=O) groups excluding carboxylic acids is 2. The number of fused-ring (bicyclic) bond motifs is 1. The van der Waals surface area contributed by atoms with E-state index in [0.717, 1.165) is 53.1 Å². The van der Waals surface area contributed by atoms with E-state index >= 15 is 0 Å². The molecule has 0 bridgehead atoms. The number of amides is 1. The summed E-state index contributed by atoms with van der Waals surface area (Å²) >= 11 is 0. The van der Waals surface area contributed by atoms with Crippen molar-refractivity contribution in [2.24, 2.45) is 5.92 Å². The van der Waals surface area contributed by atoms with E-state index in [4.69, 9.17) is 9.47 Å². The van der Waals surface area contributed by atoms with Crippen molar-refractivity contribution in [3.8, 4) is 22.6 Å². The van der Waals surface area contributed by atoms with Gasteiger partial charge in [-0.15, -0.1) is 0 Å². The summed E-state index contributed by atoms with van der Waals surface area (Å²) in [5.74, 6) is -0.270. The number of carboxylic acids is 1. The lowest BCUT2D eigenvalue weighted by Gasteiger charge is -2.20. The maximum absolute atomic E-state index is 14.3. The molecule has 5 aromatic rings. The Morgan fingerprint density at radius 2 is 1.43 bits per heavy atom. The predicted octanol–water partition coefficient (Wildman–Crippen LogP) is 9.83. The van der Waals surface area contributed by atoms with Crippen LogP contribution in [0.4, 0.5) is 4.79 Å². The van der Waals surface area contributed by atoms with Crippen LogP contribution in [0.5, 0.6) is 11.5 Å². The summed E-state index contributed by atoms with van der Waals surface area (Å²) in [5, 5.41) is 14.5. The van der Waals surface area contributed by atoms with Crippen LogP contribution in [0.2, 0.25) is 0 Å². The third-order valence-corrected chi connectivity index (χ3v) is 9.96. The van der Waals surface area contributed by atoms with Gasteiger partial charge >= 0.3 is 18.0 Å². The van der Waals surface area contributed by atoms with Crippen molar-refractivity contribution in [1.82, 2.24) is 5.32 Å². The van der Waals surface area contributed by atoms with Gasteiger partial charge in [-0.25, -0.2) is 4.79 Å². The summed E-state index contributed by atoms with van der Waals surface area (Å²) in [5.41, 5.74) is 3.82. The Labute approximate surface area is 318 Å². The summed E-state index contributed by atoms with van der Waals surface area (Å²) < 4.78 is 13.6. The van der Waals surface area contributed by atoms with Crippen LogP contribution in [-0.2, 0) is 27.8 Å². The zero-order chi connectivity index (χ0) is 38.6. The van der Waals surface area contributed by atoms with Gasteiger partial charge in [0.1, 0.15) is 23.1 Å². The molecule has 1 saturated carbocycles. The Morgan fingerprint density at radius 1 is 0.796 bits per heavy atom. The summed E-state index contributed by atoms with van der Waals surface area (Å²) in [4.78, 5) is 41.1. The predicted molar refractivity (Wildman–Crippen MR) is 211 cm³/mol. The van der Waals surface area contributed by atoms with E-state index < -0.39 is 29.6 Å². The van der Waals surface area contributed by atoms with Crippen molar-refractivity contribution >= 4 is 28.7 Å². The van der Waals surface area contributed by atoms with Crippen molar-refractivity contribution in [3.63, 3.8) is 0 Å². The maximum atomic E-state index is 14.3. The first-order chi connectivity index (χ1) is 25.6. The van der Waals surface area contributed by atoms with Crippen molar-refractivity contribution in [2.75, 3.05) is 0 Å². The van der Waals surface area contributed by atoms with Crippen LogP contribution >= 0.6 is 0 Å². The van der Waals surface area contributed by atoms with Crippen LogP contribution in [0.3, 0.4) is 0 Å².